The standard InChI is InChI=1S/C28H29N3O4/c1-2-28(26(33)34,31-23-16-24(32)27(23)12-4-3-5-13-27)17-19-6-8-21(9-7-19)35-25-22-18-29-14-10-20(22)11-15-30-25/h6-11,14-16,18,31H,2-5,12-13,17H2,1H3,(H,33,34)/t28-/m0/s1. The first kappa shape index (κ1) is 23.0. The van der Waals surface area contributed by atoms with Crippen molar-refractivity contribution in [3.63, 3.8) is 0 Å². The van der Waals surface area contributed by atoms with Gasteiger partial charge in [-0.15, -0.1) is 0 Å². The summed E-state index contributed by atoms with van der Waals surface area (Å²) in [6.45, 7) is 1.87. The first-order valence-electron chi connectivity index (χ1n) is 12.2. The van der Waals surface area contributed by atoms with Crippen LogP contribution in [0.25, 0.3) is 10.8 Å². The minimum absolute atomic E-state index is 0.133. The number of nitrogens with one attached hydrogen (secondary N) is 1. The van der Waals surface area contributed by atoms with E-state index in [1.54, 1.807) is 24.7 Å². The highest BCUT2D eigenvalue weighted by Crippen LogP contribution is 2.49. The molecule has 0 radical (unpaired) electrons. The Balaban J connectivity index is 1.35. The number of hydrogen-bond donors (Lipinski definition) is 2. The van der Waals surface area contributed by atoms with E-state index in [4.69, 9.17) is 4.74 Å². The van der Waals surface area contributed by atoms with Crippen LogP contribution in [0.2, 0.25) is 0 Å². The molecule has 0 amide bonds. The van der Waals surface area contributed by atoms with E-state index in [0.717, 1.165) is 54.1 Å². The van der Waals surface area contributed by atoms with Crippen LogP contribution in [0.5, 0.6) is 11.6 Å². The summed E-state index contributed by atoms with van der Waals surface area (Å²) in [5.74, 6) is 0.294. The predicted molar refractivity (Wildman–Crippen MR) is 132 cm³/mol. The van der Waals surface area contributed by atoms with Gasteiger partial charge in [-0.1, -0.05) is 38.3 Å². The largest absolute Gasteiger partial charge is 0.479 e. The van der Waals surface area contributed by atoms with Crippen molar-refractivity contribution in [1.82, 2.24) is 15.3 Å². The van der Waals surface area contributed by atoms with Gasteiger partial charge in [0.15, 0.2) is 5.78 Å². The molecule has 2 aliphatic carbocycles. The zero-order valence-electron chi connectivity index (χ0n) is 19.8. The average Bonchev–Trinajstić information content (AvgIpc) is 2.89. The number of fused-ring (bicyclic) bond motifs is 1. The van der Waals surface area contributed by atoms with E-state index in [9.17, 15) is 14.7 Å². The molecule has 0 unspecified atom stereocenters. The number of benzene rings is 1. The molecule has 0 saturated heterocycles. The molecule has 7 nitrogen and oxygen atoms in total. The highest BCUT2D eigenvalue weighted by molar-refractivity contribution is 6.05. The molecular weight excluding hydrogens is 442 g/mol. The van der Waals surface area contributed by atoms with E-state index in [0.29, 0.717) is 18.1 Å². The topological polar surface area (TPSA) is 101 Å². The molecule has 3 aromatic rings. The first-order valence-corrected chi connectivity index (χ1v) is 12.2. The quantitative estimate of drug-likeness (QED) is 0.465. The second-order valence-electron chi connectivity index (χ2n) is 9.57. The second-order valence-corrected chi connectivity index (χ2v) is 9.57. The van der Waals surface area contributed by atoms with Crippen LogP contribution in [0.4, 0.5) is 0 Å². The minimum Gasteiger partial charge on any atom is -0.479 e. The number of carboxylic acids is 1. The number of aliphatic carboxylic acids is 1. The molecule has 2 aliphatic rings. The van der Waals surface area contributed by atoms with Crippen LogP contribution >= 0.6 is 0 Å². The molecule has 1 saturated carbocycles. The maximum absolute atomic E-state index is 12.5. The Bertz CT molecular complexity index is 1290. The molecular formula is C28H29N3O4. The van der Waals surface area contributed by atoms with Crippen molar-refractivity contribution in [3.05, 3.63) is 72.3 Å². The Morgan fingerprint density at radius 2 is 1.86 bits per heavy atom. The third-order valence-electron chi connectivity index (χ3n) is 7.53. The predicted octanol–water partition coefficient (Wildman–Crippen LogP) is 5.20. The normalized spacial score (nSPS) is 18.4. The van der Waals surface area contributed by atoms with Crippen LogP contribution in [0, 0.1) is 5.41 Å². The third-order valence-corrected chi connectivity index (χ3v) is 7.53. The van der Waals surface area contributed by atoms with Crippen molar-refractivity contribution in [1.29, 1.82) is 0 Å². The molecule has 1 spiro atoms. The van der Waals surface area contributed by atoms with Crippen LogP contribution in [0.15, 0.2) is 66.8 Å². The molecule has 2 N–H and O–H groups in total. The van der Waals surface area contributed by atoms with Gasteiger partial charge < -0.3 is 15.2 Å². The number of rotatable bonds is 8. The summed E-state index contributed by atoms with van der Waals surface area (Å²) in [6, 6.07) is 11.2. The molecule has 0 aliphatic heterocycles. The Hall–Kier alpha value is -3.74. The molecule has 1 atom stereocenters. The van der Waals surface area contributed by atoms with E-state index < -0.39 is 16.9 Å². The monoisotopic (exact) mass is 471 g/mol. The number of allylic oxidation sites excluding steroid dienone is 2. The number of hydrogen-bond acceptors (Lipinski definition) is 6. The summed E-state index contributed by atoms with van der Waals surface area (Å²) in [5, 5.41) is 15.4. The number of pyridine rings is 2. The SMILES string of the molecule is CC[C@@](Cc1ccc(Oc2nccc3ccncc23)cc1)(NC1=CC(=O)C12CCCCC2)C(=O)O. The van der Waals surface area contributed by atoms with Gasteiger partial charge in [0, 0.05) is 36.8 Å². The lowest BCUT2D eigenvalue weighted by Gasteiger charge is -2.46. The van der Waals surface area contributed by atoms with Crippen molar-refractivity contribution in [2.24, 2.45) is 5.41 Å². The highest BCUT2D eigenvalue weighted by Gasteiger charge is 2.51. The number of carboxylic acid groups (broad SMARTS) is 1. The number of carbonyl (C=O) groups is 2. The third kappa shape index (κ3) is 4.16. The van der Waals surface area contributed by atoms with Crippen molar-refractivity contribution in [2.45, 2.75) is 57.4 Å². The molecule has 2 heterocycles. The number of carbonyl (C=O) groups excluding carboxylic acids is 1. The average molecular weight is 472 g/mol. The van der Waals surface area contributed by atoms with Crippen LogP contribution in [-0.4, -0.2) is 32.4 Å². The van der Waals surface area contributed by atoms with E-state index in [2.05, 4.69) is 15.3 Å². The molecule has 5 rings (SSSR count). The zero-order valence-corrected chi connectivity index (χ0v) is 19.8. The van der Waals surface area contributed by atoms with Gasteiger partial charge >= 0.3 is 5.97 Å². The summed E-state index contributed by atoms with van der Waals surface area (Å²) in [5.41, 5.74) is -0.0402. The lowest BCUT2D eigenvalue weighted by atomic mass is 9.62. The molecule has 1 aromatic carbocycles. The fraction of sp³-hybridized carbons (Fsp3) is 0.357. The summed E-state index contributed by atoms with van der Waals surface area (Å²) < 4.78 is 6.00. The Morgan fingerprint density at radius 3 is 2.54 bits per heavy atom. The van der Waals surface area contributed by atoms with Crippen LogP contribution in [-0.2, 0) is 16.0 Å². The zero-order chi connectivity index (χ0) is 24.5. The van der Waals surface area contributed by atoms with Gasteiger partial charge in [0.2, 0.25) is 5.88 Å². The van der Waals surface area contributed by atoms with Gasteiger partial charge in [-0.3, -0.25) is 9.78 Å². The summed E-state index contributed by atoms with van der Waals surface area (Å²) in [7, 11) is 0. The molecule has 0 bridgehead atoms. The highest BCUT2D eigenvalue weighted by atomic mass is 16.5. The lowest BCUT2D eigenvalue weighted by molar-refractivity contribution is -0.145. The molecule has 1 fully saturated rings. The van der Waals surface area contributed by atoms with Gasteiger partial charge in [-0.25, -0.2) is 9.78 Å². The summed E-state index contributed by atoms with van der Waals surface area (Å²) in [4.78, 5) is 33.5. The van der Waals surface area contributed by atoms with E-state index in [1.807, 2.05) is 43.3 Å². The van der Waals surface area contributed by atoms with Gasteiger partial charge in [-0.05, 0) is 54.5 Å². The second kappa shape index (κ2) is 9.13. The number of ketones is 1. The van der Waals surface area contributed by atoms with Crippen molar-refractivity contribution < 1.29 is 19.4 Å². The van der Waals surface area contributed by atoms with Crippen molar-refractivity contribution in [3.8, 4) is 11.6 Å². The van der Waals surface area contributed by atoms with E-state index in [-0.39, 0.29) is 12.2 Å². The van der Waals surface area contributed by atoms with Gasteiger partial charge in [-0.2, -0.15) is 0 Å². The molecule has 35 heavy (non-hydrogen) atoms. The molecule has 180 valence electrons. The number of nitrogens with zero attached hydrogens (tertiary/aromatic N) is 2. The maximum atomic E-state index is 12.5. The Kier molecular flexibility index (Phi) is 6.01. The minimum atomic E-state index is -1.19. The van der Waals surface area contributed by atoms with Gasteiger partial charge in [0.25, 0.3) is 0 Å². The lowest BCUT2D eigenvalue weighted by Crippen LogP contribution is -2.59. The van der Waals surface area contributed by atoms with Crippen molar-refractivity contribution >= 4 is 22.5 Å². The van der Waals surface area contributed by atoms with E-state index in [1.165, 1.54) is 0 Å². The number of aromatic nitrogens is 2. The Labute approximate surface area is 204 Å². The molecule has 7 heteroatoms. The first-order chi connectivity index (χ1) is 17.0. The number of ether oxygens (including phenoxy) is 1. The van der Waals surface area contributed by atoms with Crippen LogP contribution in [0.3, 0.4) is 0 Å². The maximum Gasteiger partial charge on any atom is 0.329 e. The Morgan fingerprint density at radius 1 is 1.11 bits per heavy atom. The van der Waals surface area contributed by atoms with Gasteiger partial charge in [0.1, 0.15) is 11.3 Å². The summed E-state index contributed by atoms with van der Waals surface area (Å²) >= 11 is 0. The smallest absolute Gasteiger partial charge is 0.329 e. The van der Waals surface area contributed by atoms with Crippen molar-refractivity contribution in [2.75, 3.05) is 0 Å². The molecule has 2 aromatic heterocycles. The fourth-order valence-corrected chi connectivity index (χ4v) is 5.29. The van der Waals surface area contributed by atoms with E-state index >= 15 is 0 Å². The van der Waals surface area contributed by atoms with Crippen LogP contribution in [0.1, 0.15) is 51.0 Å². The van der Waals surface area contributed by atoms with Crippen LogP contribution < -0.4 is 10.1 Å². The van der Waals surface area contributed by atoms with Gasteiger partial charge in [0.05, 0.1) is 10.8 Å². The summed E-state index contributed by atoms with van der Waals surface area (Å²) in [6.07, 6.45) is 12.1. The fourth-order valence-electron chi connectivity index (χ4n) is 5.29.